The van der Waals surface area contributed by atoms with Crippen molar-refractivity contribution in [1.29, 1.82) is 0 Å². The lowest BCUT2D eigenvalue weighted by molar-refractivity contribution is -0.385. The third kappa shape index (κ3) is 4.25. The second-order valence-electron chi connectivity index (χ2n) is 4.90. The third-order valence-electron chi connectivity index (χ3n) is 3.28. The Hall–Kier alpha value is -2.49. The Balaban J connectivity index is 1.83. The topological polar surface area (TPSA) is 128 Å². The van der Waals surface area contributed by atoms with Crippen molar-refractivity contribution < 1.29 is 24.4 Å². The molecule has 0 radical (unpaired) electrons. The van der Waals surface area contributed by atoms with E-state index >= 15 is 0 Å². The van der Waals surface area contributed by atoms with Crippen molar-refractivity contribution >= 4 is 17.6 Å². The van der Waals surface area contributed by atoms with Crippen LogP contribution >= 0.6 is 0 Å². The van der Waals surface area contributed by atoms with Crippen molar-refractivity contribution in [2.24, 2.45) is 0 Å². The van der Waals surface area contributed by atoms with E-state index in [4.69, 9.17) is 9.84 Å². The van der Waals surface area contributed by atoms with E-state index in [0.29, 0.717) is 13.2 Å². The molecule has 1 amide bonds. The van der Waals surface area contributed by atoms with Crippen LogP contribution in [0.15, 0.2) is 12.4 Å². The van der Waals surface area contributed by atoms with Crippen LogP contribution in [-0.2, 0) is 20.9 Å². The van der Waals surface area contributed by atoms with E-state index in [2.05, 4.69) is 5.10 Å². The lowest BCUT2D eigenvalue weighted by Gasteiger charge is -2.32. The van der Waals surface area contributed by atoms with Gasteiger partial charge in [-0.15, -0.1) is 0 Å². The summed E-state index contributed by atoms with van der Waals surface area (Å²) in [5.41, 5.74) is -0.125. The third-order valence-corrected chi connectivity index (χ3v) is 3.28. The smallest absolute Gasteiger partial charge is 0.306 e. The first-order valence-corrected chi connectivity index (χ1v) is 6.73. The number of carboxylic acids is 1. The summed E-state index contributed by atoms with van der Waals surface area (Å²) in [7, 11) is 0. The molecule has 1 saturated heterocycles. The van der Waals surface area contributed by atoms with E-state index in [9.17, 15) is 19.7 Å². The second-order valence-corrected chi connectivity index (χ2v) is 4.90. The highest BCUT2D eigenvalue weighted by Gasteiger charge is 2.25. The Morgan fingerprint density at radius 1 is 1.55 bits per heavy atom. The maximum atomic E-state index is 12.1. The zero-order chi connectivity index (χ0) is 16.1. The number of carbonyl (C=O) groups excluding carboxylic acids is 1. The van der Waals surface area contributed by atoms with Gasteiger partial charge in [0.25, 0.3) is 0 Å². The number of carboxylic acid groups (broad SMARTS) is 1. The first kappa shape index (κ1) is 15.9. The van der Waals surface area contributed by atoms with Crippen LogP contribution in [0, 0.1) is 10.1 Å². The molecular formula is C12H16N4O6. The van der Waals surface area contributed by atoms with Crippen LogP contribution in [0.2, 0.25) is 0 Å². The highest BCUT2D eigenvalue weighted by Crippen LogP contribution is 2.12. The van der Waals surface area contributed by atoms with Gasteiger partial charge < -0.3 is 14.7 Å². The van der Waals surface area contributed by atoms with Crippen LogP contribution in [0.4, 0.5) is 5.69 Å². The molecule has 10 nitrogen and oxygen atoms in total. The number of amides is 1. The van der Waals surface area contributed by atoms with E-state index in [0.717, 1.165) is 6.20 Å². The molecule has 2 heterocycles. The second kappa shape index (κ2) is 6.98. The number of ether oxygens (including phenoxy) is 1. The van der Waals surface area contributed by atoms with Crippen LogP contribution in [0.3, 0.4) is 0 Å². The first-order valence-electron chi connectivity index (χ1n) is 6.73. The van der Waals surface area contributed by atoms with Crippen LogP contribution < -0.4 is 0 Å². The van der Waals surface area contributed by atoms with E-state index in [1.54, 1.807) is 4.90 Å². The van der Waals surface area contributed by atoms with E-state index in [-0.39, 0.29) is 37.5 Å². The SMILES string of the molecule is O=C(O)CC1CN(C(=O)CCn2cc([N+](=O)[O-])cn2)CCO1. The molecule has 2 rings (SSSR count). The number of rotatable bonds is 6. The van der Waals surface area contributed by atoms with Crippen molar-refractivity contribution in [3.63, 3.8) is 0 Å². The molecule has 1 atom stereocenters. The van der Waals surface area contributed by atoms with Crippen LogP contribution in [0.25, 0.3) is 0 Å². The number of carbonyl (C=O) groups is 2. The molecule has 1 aromatic heterocycles. The van der Waals surface area contributed by atoms with Gasteiger partial charge >= 0.3 is 11.7 Å². The zero-order valence-electron chi connectivity index (χ0n) is 11.8. The van der Waals surface area contributed by atoms with Gasteiger partial charge in [-0.3, -0.25) is 24.4 Å². The van der Waals surface area contributed by atoms with Crippen molar-refractivity contribution in [3.8, 4) is 0 Å². The van der Waals surface area contributed by atoms with Crippen molar-refractivity contribution in [3.05, 3.63) is 22.5 Å². The first-order chi connectivity index (χ1) is 10.5. The minimum absolute atomic E-state index is 0.125. The molecular weight excluding hydrogens is 296 g/mol. The quantitative estimate of drug-likeness (QED) is 0.573. The number of aryl methyl sites for hydroxylation is 1. The Morgan fingerprint density at radius 2 is 2.32 bits per heavy atom. The van der Waals surface area contributed by atoms with Crippen molar-refractivity contribution in [2.75, 3.05) is 19.7 Å². The number of aliphatic carboxylic acids is 1. The molecule has 1 N–H and O–H groups in total. The lowest BCUT2D eigenvalue weighted by atomic mass is 10.2. The van der Waals surface area contributed by atoms with Crippen LogP contribution in [0.1, 0.15) is 12.8 Å². The highest BCUT2D eigenvalue weighted by atomic mass is 16.6. The van der Waals surface area contributed by atoms with Crippen LogP contribution in [0.5, 0.6) is 0 Å². The molecule has 1 unspecified atom stereocenters. The molecule has 1 aromatic rings. The normalized spacial score (nSPS) is 18.2. The molecule has 0 spiro atoms. The Bertz CT molecular complexity index is 572. The summed E-state index contributed by atoms with van der Waals surface area (Å²) in [5, 5.41) is 23.1. The zero-order valence-corrected chi connectivity index (χ0v) is 11.8. The summed E-state index contributed by atoms with van der Waals surface area (Å²) in [6.45, 7) is 1.18. The highest BCUT2D eigenvalue weighted by molar-refractivity contribution is 5.76. The summed E-state index contributed by atoms with van der Waals surface area (Å²) in [4.78, 5) is 34.3. The minimum Gasteiger partial charge on any atom is -0.481 e. The Morgan fingerprint density at radius 3 is 2.95 bits per heavy atom. The van der Waals surface area contributed by atoms with Gasteiger partial charge in [-0.25, -0.2) is 0 Å². The monoisotopic (exact) mass is 312 g/mol. The predicted molar refractivity (Wildman–Crippen MR) is 72.1 cm³/mol. The standard InChI is InChI=1S/C12H16N4O6/c17-11(1-2-15-7-9(6-13-15)16(20)21)14-3-4-22-10(8-14)5-12(18)19/h6-7,10H,1-5,8H2,(H,18,19). The van der Waals surface area contributed by atoms with Crippen molar-refractivity contribution in [1.82, 2.24) is 14.7 Å². The number of hydrogen-bond acceptors (Lipinski definition) is 6. The number of aromatic nitrogens is 2. The number of nitrogens with zero attached hydrogens (tertiary/aromatic N) is 4. The van der Waals surface area contributed by atoms with Crippen molar-refractivity contribution in [2.45, 2.75) is 25.5 Å². The molecule has 0 saturated carbocycles. The largest absolute Gasteiger partial charge is 0.481 e. The fourth-order valence-electron chi connectivity index (χ4n) is 2.20. The summed E-state index contributed by atoms with van der Waals surface area (Å²) < 4.78 is 6.63. The molecule has 10 heteroatoms. The minimum atomic E-state index is -0.969. The Kier molecular flexibility index (Phi) is 5.04. The number of nitro groups is 1. The maximum absolute atomic E-state index is 12.1. The number of morpholine rings is 1. The molecule has 1 aliphatic rings. The molecule has 1 aliphatic heterocycles. The maximum Gasteiger partial charge on any atom is 0.306 e. The molecule has 1 fully saturated rings. The summed E-state index contributed by atoms with van der Waals surface area (Å²) in [5.74, 6) is -1.13. The van der Waals surface area contributed by atoms with Gasteiger partial charge in [0.2, 0.25) is 5.91 Å². The average molecular weight is 312 g/mol. The summed E-state index contributed by atoms with van der Waals surface area (Å²) in [6, 6.07) is 0. The van der Waals surface area contributed by atoms with E-state index in [1.165, 1.54) is 10.9 Å². The average Bonchev–Trinajstić information content (AvgIpc) is 2.93. The van der Waals surface area contributed by atoms with E-state index < -0.39 is 17.0 Å². The van der Waals surface area contributed by atoms with Gasteiger partial charge in [0.15, 0.2) is 0 Å². The van der Waals surface area contributed by atoms with E-state index in [1.807, 2.05) is 0 Å². The van der Waals surface area contributed by atoms with Gasteiger partial charge in [-0.1, -0.05) is 0 Å². The Labute approximate surface area is 125 Å². The predicted octanol–water partition coefficient (Wildman–Crippen LogP) is -0.117. The summed E-state index contributed by atoms with van der Waals surface area (Å²) in [6.07, 6.45) is 1.89. The van der Waals surface area contributed by atoms with Gasteiger partial charge in [0, 0.05) is 26.1 Å². The molecule has 0 bridgehead atoms. The fraction of sp³-hybridized carbons (Fsp3) is 0.583. The number of hydrogen-bond donors (Lipinski definition) is 1. The van der Waals surface area contributed by atoms with Gasteiger partial charge in [-0.05, 0) is 0 Å². The van der Waals surface area contributed by atoms with Gasteiger partial charge in [0.1, 0.15) is 12.4 Å². The van der Waals surface area contributed by atoms with Crippen LogP contribution in [-0.4, -0.2) is 62.4 Å². The molecule has 0 aliphatic carbocycles. The molecule has 120 valence electrons. The molecule has 0 aromatic carbocycles. The fourth-order valence-corrected chi connectivity index (χ4v) is 2.20. The lowest BCUT2D eigenvalue weighted by Crippen LogP contribution is -2.46. The van der Waals surface area contributed by atoms with Gasteiger partial charge in [0.05, 0.1) is 24.1 Å². The molecule has 22 heavy (non-hydrogen) atoms. The van der Waals surface area contributed by atoms with Gasteiger partial charge in [-0.2, -0.15) is 5.10 Å². The summed E-state index contributed by atoms with van der Waals surface area (Å²) >= 11 is 0.